The van der Waals surface area contributed by atoms with Crippen molar-refractivity contribution in [3.8, 4) is 0 Å². The molecular formula is C21H18BrN5O2S. The van der Waals surface area contributed by atoms with Gasteiger partial charge in [0.05, 0.1) is 0 Å². The molecule has 1 N–H and O–H groups in total. The number of thiazole rings is 1. The first kappa shape index (κ1) is 20.2. The number of nitrogens with zero attached hydrogens (tertiary/aromatic N) is 4. The number of halogens is 1. The van der Waals surface area contributed by atoms with Crippen molar-refractivity contribution in [2.45, 2.75) is 13.1 Å². The Bertz CT molecular complexity index is 1260. The summed E-state index contributed by atoms with van der Waals surface area (Å²) < 4.78 is 2.59. The minimum absolute atomic E-state index is 0.124. The second-order valence-electron chi connectivity index (χ2n) is 6.73. The zero-order chi connectivity index (χ0) is 21.1. The molecule has 30 heavy (non-hydrogen) atoms. The summed E-state index contributed by atoms with van der Waals surface area (Å²) in [5.41, 5.74) is 1.91. The molecule has 152 valence electrons. The van der Waals surface area contributed by atoms with Crippen molar-refractivity contribution in [3.05, 3.63) is 81.3 Å². The van der Waals surface area contributed by atoms with Crippen molar-refractivity contribution < 1.29 is 4.79 Å². The van der Waals surface area contributed by atoms with Crippen LogP contribution in [0.3, 0.4) is 0 Å². The molecule has 2 heterocycles. The van der Waals surface area contributed by atoms with Crippen LogP contribution in [0.15, 0.2) is 70.2 Å². The normalized spacial score (nSPS) is 10.9. The molecule has 2 aromatic heterocycles. The monoisotopic (exact) mass is 483 g/mol. The van der Waals surface area contributed by atoms with E-state index >= 15 is 0 Å². The zero-order valence-corrected chi connectivity index (χ0v) is 18.5. The van der Waals surface area contributed by atoms with E-state index in [-0.39, 0.29) is 18.0 Å². The molecule has 1 amide bonds. The molecule has 0 saturated heterocycles. The number of aromatic nitrogens is 3. The van der Waals surface area contributed by atoms with E-state index in [0.717, 1.165) is 10.0 Å². The van der Waals surface area contributed by atoms with Gasteiger partial charge in [-0.15, -0.1) is 0 Å². The van der Waals surface area contributed by atoms with E-state index in [2.05, 4.69) is 31.2 Å². The molecule has 0 radical (unpaired) electrons. The van der Waals surface area contributed by atoms with Crippen molar-refractivity contribution in [1.82, 2.24) is 14.5 Å². The molecule has 0 saturated carbocycles. The number of benzene rings is 2. The maximum absolute atomic E-state index is 12.9. The third-order valence-corrected chi connectivity index (χ3v) is 6.02. The summed E-state index contributed by atoms with van der Waals surface area (Å²) >= 11 is 4.65. The Morgan fingerprint density at radius 3 is 2.77 bits per heavy atom. The molecule has 4 aromatic rings. The van der Waals surface area contributed by atoms with Gasteiger partial charge in [0, 0.05) is 23.8 Å². The summed E-state index contributed by atoms with van der Waals surface area (Å²) in [5.74, 6) is -0.303. The van der Waals surface area contributed by atoms with E-state index in [1.54, 1.807) is 12.1 Å². The van der Waals surface area contributed by atoms with Gasteiger partial charge in [0.25, 0.3) is 5.56 Å². The number of anilines is 2. The predicted octanol–water partition coefficient (Wildman–Crippen LogP) is 3.89. The minimum atomic E-state index is -0.303. The fraction of sp³-hybridized carbons (Fsp3) is 0.143. The number of carbonyl (C=O) groups excluding carboxylic acids is 1. The number of hydrogen-bond donors (Lipinski definition) is 1. The molecule has 0 bridgehead atoms. The molecule has 0 atom stereocenters. The van der Waals surface area contributed by atoms with Crippen LogP contribution in [-0.4, -0.2) is 27.5 Å². The Balaban J connectivity index is 1.52. The summed E-state index contributed by atoms with van der Waals surface area (Å²) in [6, 6.07) is 17.3. The third-order valence-electron chi connectivity index (χ3n) is 4.38. The first-order chi connectivity index (χ1) is 14.5. The second kappa shape index (κ2) is 8.76. The molecule has 0 fully saturated rings. The van der Waals surface area contributed by atoms with Crippen LogP contribution in [0.2, 0.25) is 0 Å². The first-order valence-electron chi connectivity index (χ1n) is 9.16. The molecule has 0 aliphatic rings. The van der Waals surface area contributed by atoms with Crippen LogP contribution >= 0.6 is 27.3 Å². The van der Waals surface area contributed by atoms with Crippen LogP contribution in [-0.2, 0) is 17.9 Å². The summed E-state index contributed by atoms with van der Waals surface area (Å²) in [6.07, 6.45) is 1.37. The van der Waals surface area contributed by atoms with E-state index in [9.17, 15) is 9.59 Å². The highest BCUT2D eigenvalue weighted by Crippen LogP contribution is 2.25. The highest BCUT2D eigenvalue weighted by Gasteiger charge is 2.15. The molecule has 7 nitrogen and oxygen atoms in total. The molecule has 0 spiro atoms. The molecule has 2 aromatic carbocycles. The van der Waals surface area contributed by atoms with Crippen LogP contribution in [0.5, 0.6) is 0 Å². The summed E-state index contributed by atoms with van der Waals surface area (Å²) in [4.78, 5) is 35.9. The Kier molecular flexibility index (Phi) is 5.91. The standard InChI is InChI=1S/C21H18BrN5O2S/c1-26(11-14-6-3-2-4-7-14)21-25-19-18(30-21)20(29)27(13-23-19)12-17(28)24-16-9-5-8-15(22)10-16/h2-10,13H,11-12H2,1H3,(H,24,28). The summed E-state index contributed by atoms with van der Waals surface area (Å²) in [7, 11) is 1.93. The number of nitrogens with one attached hydrogen (secondary N) is 1. The fourth-order valence-electron chi connectivity index (χ4n) is 2.96. The molecule has 0 aliphatic carbocycles. The number of fused-ring (bicyclic) bond motifs is 1. The predicted molar refractivity (Wildman–Crippen MR) is 123 cm³/mol. The van der Waals surface area contributed by atoms with Crippen LogP contribution in [0, 0.1) is 0 Å². The second-order valence-corrected chi connectivity index (χ2v) is 8.62. The van der Waals surface area contributed by atoms with Crippen LogP contribution in [0.25, 0.3) is 10.3 Å². The lowest BCUT2D eigenvalue weighted by atomic mass is 10.2. The number of rotatable bonds is 6. The van der Waals surface area contributed by atoms with Gasteiger partial charge in [-0.1, -0.05) is 63.7 Å². The van der Waals surface area contributed by atoms with Gasteiger partial charge in [-0.05, 0) is 23.8 Å². The van der Waals surface area contributed by atoms with Crippen LogP contribution in [0.1, 0.15) is 5.56 Å². The van der Waals surface area contributed by atoms with Crippen molar-refractivity contribution in [1.29, 1.82) is 0 Å². The van der Waals surface area contributed by atoms with Gasteiger partial charge < -0.3 is 10.2 Å². The summed E-state index contributed by atoms with van der Waals surface area (Å²) in [6.45, 7) is 0.547. The van der Waals surface area contributed by atoms with Crippen molar-refractivity contribution in [3.63, 3.8) is 0 Å². The van der Waals surface area contributed by atoms with E-state index < -0.39 is 0 Å². The lowest BCUT2D eigenvalue weighted by Gasteiger charge is -2.15. The van der Waals surface area contributed by atoms with Crippen molar-refractivity contribution >= 4 is 54.3 Å². The van der Waals surface area contributed by atoms with Gasteiger partial charge in [-0.25, -0.2) is 4.98 Å². The minimum Gasteiger partial charge on any atom is -0.347 e. The number of hydrogen-bond acceptors (Lipinski definition) is 6. The topological polar surface area (TPSA) is 80.1 Å². The Labute approximate surface area is 185 Å². The summed E-state index contributed by atoms with van der Waals surface area (Å²) in [5, 5.41) is 3.48. The molecular weight excluding hydrogens is 466 g/mol. The van der Waals surface area contributed by atoms with Gasteiger partial charge >= 0.3 is 0 Å². The molecule has 9 heteroatoms. The van der Waals surface area contributed by atoms with Crippen LogP contribution < -0.4 is 15.8 Å². The fourth-order valence-corrected chi connectivity index (χ4v) is 4.29. The van der Waals surface area contributed by atoms with Gasteiger partial charge in [0.15, 0.2) is 10.8 Å². The van der Waals surface area contributed by atoms with Gasteiger partial charge in [0.1, 0.15) is 17.6 Å². The Hall–Kier alpha value is -3.04. The van der Waals surface area contributed by atoms with E-state index in [0.29, 0.717) is 27.7 Å². The van der Waals surface area contributed by atoms with Gasteiger partial charge in [-0.2, -0.15) is 4.98 Å². The molecule has 0 unspecified atom stereocenters. The highest BCUT2D eigenvalue weighted by atomic mass is 79.9. The van der Waals surface area contributed by atoms with Crippen LogP contribution in [0.4, 0.5) is 10.8 Å². The molecule has 4 rings (SSSR count). The SMILES string of the molecule is CN(Cc1ccccc1)c1nc2ncn(CC(=O)Nc3cccc(Br)c3)c(=O)c2s1. The lowest BCUT2D eigenvalue weighted by molar-refractivity contribution is -0.116. The average Bonchev–Trinajstić information content (AvgIpc) is 3.16. The van der Waals surface area contributed by atoms with Gasteiger partial charge in [-0.3, -0.25) is 14.2 Å². The highest BCUT2D eigenvalue weighted by molar-refractivity contribution is 9.10. The zero-order valence-electron chi connectivity index (χ0n) is 16.1. The van der Waals surface area contributed by atoms with Crippen molar-refractivity contribution in [2.75, 3.05) is 17.3 Å². The Morgan fingerprint density at radius 2 is 2.00 bits per heavy atom. The van der Waals surface area contributed by atoms with Crippen molar-refractivity contribution in [2.24, 2.45) is 0 Å². The average molecular weight is 484 g/mol. The maximum atomic E-state index is 12.9. The maximum Gasteiger partial charge on any atom is 0.273 e. The van der Waals surface area contributed by atoms with Gasteiger partial charge in [0.2, 0.25) is 5.91 Å². The van der Waals surface area contributed by atoms with E-state index in [4.69, 9.17) is 0 Å². The number of carbonyl (C=O) groups is 1. The van der Waals surface area contributed by atoms with E-state index in [1.807, 2.05) is 54.4 Å². The lowest BCUT2D eigenvalue weighted by Crippen LogP contribution is -2.27. The Morgan fingerprint density at radius 1 is 1.20 bits per heavy atom. The first-order valence-corrected chi connectivity index (χ1v) is 10.8. The smallest absolute Gasteiger partial charge is 0.273 e. The number of amides is 1. The quantitative estimate of drug-likeness (QED) is 0.449. The largest absolute Gasteiger partial charge is 0.347 e. The molecule has 0 aliphatic heterocycles. The van der Waals surface area contributed by atoms with E-state index in [1.165, 1.54) is 22.2 Å². The third kappa shape index (κ3) is 4.58.